The predicted octanol–water partition coefficient (Wildman–Crippen LogP) is 4.31. The summed E-state index contributed by atoms with van der Waals surface area (Å²) in [5.74, 6) is 0.677. The highest BCUT2D eigenvalue weighted by atomic mass is 35.5. The summed E-state index contributed by atoms with van der Waals surface area (Å²) < 4.78 is 32.9. The molecule has 24 heavy (non-hydrogen) atoms. The number of benzene rings is 2. The number of hydrogen-bond donors (Lipinski definition) is 1. The van der Waals surface area contributed by atoms with Crippen LogP contribution in [0.1, 0.15) is 30.9 Å². The van der Waals surface area contributed by atoms with E-state index in [4.69, 9.17) is 16.3 Å². The fraction of sp³-hybridized carbons (Fsp3) is 0.333. The zero-order chi connectivity index (χ0) is 17.6. The van der Waals surface area contributed by atoms with E-state index in [1.165, 1.54) is 0 Å². The summed E-state index contributed by atoms with van der Waals surface area (Å²) in [6.07, 6.45) is 2.03. The number of halogens is 1. The Kier molecular flexibility index (Phi) is 6.66. The zero-order valence-electron chi connectivity index (χ0n) is 13.9. The predicted molar refractivity (Wildman–Crippen MR) is 97.1 cm³/mol. The molecule has 0 unspecified atom stereocenters. The van der Waals surface area contributed by atoms with Crippen molar-refractivity contribution in [3.63, 3.8) is 0 Å². The van der Waals surface area contributed by atoms with Crippen LogP contribution in [0.5, 0.6) is 5.75 Å². The van der Waals surface area contributed by atoms with Gasteiger partial charge in [0, 0.05) is 11.6 Å². The topological polar surface area (TPSA) is 55.4 Å². The van der Waals surface area contributed by atoms with Gasteiger partial charge in [0.05, 0.1) is 11.5 Å². The van der Waals surface area contributed by atoms with E-state index in [0.29, 0.717) is 17.4 Å². The molecule has 130 valence electrons. The van der Waals surface area contributed by atoms with Crippen molar-refractivity contribution in [1.29, 1.82) is 0 Å². The van der Waals surface area contributed by atoms with Crippen LogP contribution in [0.4, 0.5) is 0 Å². The molecule has 4 nitrogen and oxygen atoms in total. The first-order chi connectivity index (χ1) is 11.4. The average molecular weight is 368 g/mol. The van der Waals surface area contributed by atoms with Gasteiger partial charge in [0.2, 0.25) is 10.0 Å². The first kappa shape index (κ1) is 18.8. The number of ether oxygens (including phenoxy) is 1. The van der Waals surface area contributed by atoms with Crippen LogP contribution >= 0.6 is 11.6 Å². The van der Waals surface area contributed by atoms with E-state index in [0.717, 1.165) is 24.0 Å². The Balaban J connectivity index is 2.01. The number of rotatable bonds is 8. The van der Waals surface area contributed by atoms with Gasteiger partial charge in [0.25, 0.3) is 0 Å². The largest absolute Gasteiger partial charge is 0.494 e. The van der Waals surface area contributed by atoms with Gasteiger partial charge in [-0.25, -0.2) is 13.1 Å². The second-order valence-electron chi connectivity index (χ2n) is 5.57. The number of sulfonamides is 1. The summed E-state index contributed by atoms with van der Waals surface area (Å²) in [6, 6.07) is 11.9. The molecule has 0 radical (unpaired) electrons. The monoisotopic (exact) mass is 367 g/mol. The number of aryl methyl sites for hydroxylation is 1. The molecule has 0 saturated heterocycles. The molecule has 0 amide bonds. The first-order valence-corrected chi connectivity index (χ1v) is 9.76. The summed E-state index contributed by atoms with van der Waals surface area (Å²) in [4.78, 5) is 0.219. The summed E-state index contributed by atoms with van der Waals surface area (Å²) in [7, 11) is -3.57. The summed E-state index contributed by atoms with van der Waals surface area (Å²) in [6.45, 7) is 4.85. The third-order valence-corrected chi connectivity index (χ3v) is 5.31. The van der Waals surface area contributed by atoms with E-state index in [-0.39, 0.29) is 11.4 Å². The van der Waals surface area contributed by atoms with E-state index >= 15 is 0 Å². The van der Waals surface area contributed by atoms with Gasteiger partial charge in [-0.05, 0) is 60.9 Å². The quantitative estimate of drug-likeness (QED) is 0.707. The molecule has 2 rings (SSSR count). The van der Waals surface area contributed by atoms with Crippen LogP contribution in [0, 0.1) is 6.92 Å². The lowest BCUT2D eigenvalue weighted by molar-refractivity contribution is 0.309. The average Bonchev–Trinajstić information content (AvgIpc) is 2.55. The van der Waals surface area contributed by atoms with Crippen molar-refractivity contribution < 1.29 is 13.2 Å². The molecule has 0 spiro atoms. The fourth-order valence-corrected chi connectivity index (χ4v) is 3.40. The number of hydrogen-bond acceptors (Lipinski definition) is 3. The van der Waals surface area contributed by atoms with Crippen molar-refractivity contribution in [1.82, 2.24) is 4.72 Å². The molecule has 0 saturated carbocycles. The minimum atomic E-state index is -3.57. The molecule has 1 N–H and O–H groups in total. The van der Waals surface area contributed by atoms with Gasteiger partial charge in [-0.2, -0.15) is 0 Å². The van der Waals surface area contributed by atoms with Gasteiger partial charge < -0.3 is 4.74 Å². The summed E-state index contributed by atoms with van der Waals surface area (Å²) >= 11 is 5.91. The standard InChI is InChI=1S/C18H22ClNO3S/c1-3-4-11-23-17-7-9-18(10-8-17)24(21,22)20-13-15-5-6-16(19)12-14(15)2/h5-10,12,20H,3-4,11,13H2,1-2H3. The lowest BCUT2D eigenvalue weighted by Crippen LogP contribution is -2.23. The second kappa shape index (κ2) is 8.51. The minimum Gasteiger partial charge on any atom is -0.494 e. The highest BCUT2D eigenvalue weighted by Gasteiger charge is 2.14. The third kappa shape index (κ3) is 5.23. The van der Waals surface area contributed by atoms with E-state index in [1.807, 2.05) is 19.1 Å². The Bertz CT molecular complexity index is 773. The Morgan fingerprint density at radius 3 is 2.46 bits per heavy atom. The molecule has 0 heterocycles. The van der Waals surface area contributed by atoms with E-state index < -0.39 is 10.0 Å². The van der Waals surface area contributed by atoms with Crippen molar-refractivity contribution in [3.8, 4) is 5.75 Å². The molecular formula is C18H22ClNO3S. The molecule has 0 aliphatic heterocycles. The van der Waals surface area contributed by atoms with E-state index in [2.05, 4.69) is 11.6 Å². The molecule has 0 bridgehead atoms. The van der Waals surface area contributed by atoms with Crippen LogP contribution in [0.15, 0.2) is 47.4 Å². The fourth-order valence-electron chi connectivity index (χ4n) is 2.16. The lowest BCUT2D eigenvalue weighted by atomic mass is 10.1. The van der Waals surface area contributed by atoms with E-state index in [9.17, 15) is 8.42 Å². The lowest BCUT2D eigenvalue weighted by Gasteiger charge is -2.10. The number of nitrogens with one attached hydrogen (secondary N) is 1. The smallest absolute Gasteiger partial charge is 0.240 e. The molecule has 2 aromatic rings. The van der Waals surface area contributed by atoms with Crippen LogP contribution in [0.3, 0.4) is 0 Å². The van der Waals surface area contributed by atoms with Crippen molar-refractivity contribution in [2.45, 2.75) is 38.1 Å². The Hall–Kier alpha value is -1.56. The van der Waals surface area contributed by atoms with Gasteiger partial charge in [0.15, 0.2) is 0 Å². The Labute approximate surface area is 148 Å². The summed E-state index contributed by atoms with van der Waals surface area (Å²) in [5.41, 5.74) is 1.84. The van der Waals surface area contributed by atoms with Gasteiger partial charge in [-0.1, -0.05) is 31.0 Å². The zero-order valence-corrected chi connectivity index (χ0v) is 15.5. The maximum atomic E-state index is 12.4. The van der Waals surface area contributed by atoms with Crippen LogP contribution in [0.25, 0.3) is 0 Å². The third-order valence-electron chi connectivity index (χ3n) is 3.66. The van der Waals surface area contributed by atoms with E-state index in [1.54, 1.807) is 30.3 Å². The molecule has 0 aliphatic carbocycles. The molecule has 2 aromatic carbocycles. The van der Waals surface area contributed by atoms with Crippen molar-refractivity contribution in [2.75, 3.05) is 6.61 Å². The van der Waals surface area contributed by atoms with Gasteiger partial charge in [-0.15, -0.1) is 0 Å². The minimum absolute atomic E-state index is 0.219. The van der Waals surface area contributed by atoms with Crippen LogP contribution < -0.4 is 9.46 Å². The molecule has 6 heteroatoms. The van der Waals surface area contributed by atoms with Crippen molar-refractivity contribution in [3.05, 3.63) is 58.6 Å². The van der Waals surface area contributed by atoms with Crippen LogP contribution in [-0.4, -0.2) is 15.0 Å². The second-order valence-corrected chi connectivity index (χ2v) is 7.77. The summed E-state index contributed by atoms with van der Waals surface area (Å²) in [5, 5.41) is 0.637. The van der Waals surface area contributed by atoms with Crippen molar-refractivity contribution in [2.24, 2.45) is 0 Å². The maximum Gasteiger partial charge on any atom is 0.240 e. The molecular weight excluding hydrogens is 346 g/mol. The maximum absolute atomic E-state index is 12.4. The molecule has 0 aliphatic rings. The molecule has 0 fully saturated rings. The highest BCUT2D eigenvalue weighted by Crippen LogP contribution is 2.18. The van der Waals surface area contributed by atoms with Crippen LogP contribution in [-0.2, 0) is 16.6 Å². The first-order valence-electron chi connectivity index (χ1n) is 7.90. The van der Waals surface area contributed by atoms with Crippen LogP contribution in [0.2, 0.25) is 5.02 Å². The Morgan fingerprint density at radius 1 is 1.12 bits per heavy atom. The van der Waals surface area contributed by atoms with Gasteiger partial charge in [-0.3, -0.25) is 0 Å². The molecule has 0 aromatic heterocycles. The normalized spacial score (nSPS) is 11.5. The SMILES string of the molecule is CCCCOc1ccc(S(=O)(=O)NCc2ccc(Cl)cc2C)cc1. The van der Waals surface area contributed by atoms with Gasteiger partial charge >= 0.3 is 0 Å². The van der Waals surface area contributed by atoms with Crippen molar-refractivity contribution >= 4 is 21.6 Å². The highest BCUT2D eigenvalue weighted by molar-refractivity contribution is 7.89. The Morgan fingerprint density at radius 2 is 1.83 bits per heavy atom. The molecule has 0 atom stereocenters. The van der Waals surface area contributed by atoms with Gasteiger partial charge in [0.1, 0.15) is 5.75 Å². The number of unbranched alkanes of at least 4 members (excludes halogenated alkanes) is 1.